The van der Waals surface area contributed by atoms with Gasteiger partial charge in [0.2, 0.25) is 0 Å². The summed E-state index contributed by atoms with van der Waals surface area (Å²) < 4.78 is 17.4. The van der Waals surface area contributed by atoms with E-state index in [0.29, 0.717) is 6.04 Å². The smallest absolute Gasteiger partial charge is 0.125 e. The first kappa shape index (κ1) is 19.3. The molecule has 1 N–H and O–H groups in total. The van der Waals surface area contributed by atoms with Crippen LogP contribution in [-0.2, 0) is 6.54 Å². The van der Waals surface area contributed by atoms with Gasteiger partial charge in [-0.05, 0) is 59.7 Å². The number of nitrogens with one attached hydrogen (secondary N) is 1. The Kier molecular flexibility index (Phi) is 5.46. The summed E-state index contributed by atoms with van der Waals surface area (Å²) in [5, 5.41) is 12.7. The van der Waals surface area contributed by atoms with Gasteiger partial charge in [0.15, 0.2) is 0 Å². The molecule has 0 spiro atoms. The largest absolute Gasteiger partial charge is 0.306 e. The lowest BCUT2D eigenvalue weighted by atomic mass is 10.1. The summed E-state index contributed by atoms with van der Waals surface area (Å²) in [6.07, 6.45) is 1.86. The van der Waals surface area contributed by atoms with E-state index in [-0.39, 0.29) is 11.9 Å². The van der Waals surface area contributed by atoms with Crippen LogP contribution < -0.4 is 5.32 Å². The topological polar surface area (TPSA) is 47.7 Å². The van der Waals surface area contributed by atoms with Crippen LogP contribution in [0.25, 0.3) is 5.69 Å². The molecule has 0 aliphatic rings. The minimum absolute atomic E-state index is 0.119. The number of nitrogens with zero attached hydrogens (tertiary/aromatic N) is 4. The molecular formula is C21H28FN5. The molecule has 5 nitrogen and oxygen atoms in total. The van der Waals surface area contributed by atoms with E-state index in [2.05, 4.69) is 54.8 Å². The molecule has 0 bridgehead atoms. The van der Waals surface area contributed by atoms with Crippen molar-refractivity contribution < 1.29 is 4.39 Å². The van der Waals surface area contributed by atoms with Crippen LogP contribution in [0.4, 0.5) is 4.39 Å². The third-order valence-corrected chi connectivity index (χ3v) is 5.12. The highest BCUT2D eigenvalue weighted by molar-refractivity contribution is 5.36. The Labute approximate surface area is 160 Å². The zero-order chi connectivity index (χ0) is 19.7. The first-order chi connectivity index (χ1) is 12.8. The first-order valence-electron chi connectivity index (χ1n) is 9.38. The maximum atomic E-state index is 13.5. The average Bonchev–Trinajstić information content (AvgIpc) is 3.13. The highest BCUT2D eigenvalue weighted by atomic mass is 19.1. The van der Waals surface area contributed by atoms with Crippen molar-refractivity contribution in [2.75, 3.05) is 0 Å². The van der Waals surface area contributed by atoms with E-state index >= 15 is 0 Å². The van der Waals surface area contributed by atoms with Crippen LogP contribution in [0.1, 0.15) is 61.1 Å². The van der Waals surface area contributed by atoms with Crippen LogP contribution in [0.15, 0.2) is 30.5 Å². The van der Waals surface area contributed by atoms with Gasteiger partial charge in [0.25, 0.3) is 0 Å². The number of hydrogen-bond acceptors (Lipinski definition) is 3. The molecule has 0 amide bonds. The van der Waals surface area contributed by atoms with Crippen molar-refractivity contribution in [3.63, 3.8) is 0 Å². The molecule has 6 heteroatoms. The Bertz CT molecular complexity index is 938. The number of aryl methyl sites for hydroxylation is 1. The fraction of sp³-hybridized carbons (Fsp3) is 0.429. The summed E-state index contributed by atoms with van der Waals surface area (Å²) in [5.74, 6) is -0.261. The first-order valence-corrected chi connectivity index (χ1v) is 9.38. The van der Waals surface area contributed by atoms with Crippen molar-refractivity contribution in [1.82, 2.24) is 24.9 Å². The van der Waals surface area contributed by atoms with Crippen LogP contribution in [0.5, 0.6) is 0 Å². The maximum absolute atomic E-state index is 13.5. The van der Waals surface area contributed by atoms with Crippen LogP contribution in [-0.4, -0.2) is 19.6 Å². The lowest BCUT2D eigenvalue weighted by molar-refractivity contribution is 0.514. The maximum Gasteiger partial charge on any atom is 0.125 e. The molecule has 0 radical (unpaired) electrons. The van der Waals surface area contributed by atoms with Crippen molar-refractivity contribution in [3.05, 3.63) is 64.5 Å². The molecule has 0 aliphatic carbocycles. The lowest BCUT2D eigenvalue weighted by Crippen LogP contribution is -2.19. The summed E-state index contributed by atoms with van der Waals surface area (Å²) >= 11 is 0. The Hall–Kier alpha value is -2.47. The monoisotopic (exact) mass is 369 g/mol. The SMILES string of the molecule is Cc1nn(C(C)C)c(C)c1CNC(C)c1cnn(-c2cccc(F)c2)c1C. The molecule has 27 heavy (non-hydrogen) atoms. The zero-order valence-electron chi connectivity index (χ0n) is 16.9. The average molecular weight is 369 g/mol. The van der Waals surface area contributed by atoms with Crippen LogP contribution in [0, 0.1) is 26.6 Å². The summed E-state index contributed by atoms with van der Waals surface area (Å²) in [6.45, 7) is 13.3. The van der Waals surface area contributed by atoms with Crippen LogP contribution in [0.2, 0.25) is 0 Å². The van der Waals surface area contributed by atoms with E-state index in [9.17, 15) is 4.39 Å². The minimum atomic E-state index is -0.261. The summed E-state index contributed by atoms with van der Waals surface area (Å²) in [7, 11) is 0. The van der Waals surface area contributed by atoms with Gasteiger partial charge in [-0.25, -0.2) is 9.07 Å². The molecule has 0 aliphatic heterocycles. The third-order valence-electron chi connectivity index (χ3n) is 5.12. The molecule has 3 rings (SSSR count). The van der Waals surface area contributed by atoms with Gasteiger partial charge in [-0.15, -0.1) is 0 Å². The van der Waals surface area contributed by atoms with Crippen molar-refractivity contribution in [2.24, 2.45) is 0 Å². The van der Waals surface area contributed by atoms with Crippen LogP contribution >= 0.6 is 0 Å². The third kappa shape index (κ3) is 3.81. The molecule has 0 saturated heterocycles. The van der Waals surface area contributed by atoms with E-state index in [0.717, 1.165) is 29.2 Å². The van der Waals surface area contributed by atoms with E-state index in [1.165, 1.54) is 23.4 Å². The van der Waals surface area contributed by atoms with Crippen molar-refractivity contribution in [1.29, 1.82) is 0 Å². The second-order valence-corrected chi connectivity index (χ2v) is 7.37. The van der Waals surface area contributed by atoms with E-state index in [1.807, 2.05) is 19.2 Å². The number of benzene rings is 1. The van der Waals surface area contributed by atoms with Gasteiger partial charge in [0, 0.05) is 41.1 Å². The lowest BCUT2D eigenvalue weighted by Gasteiger charge is -2.15. The van der Waals surface area contributed by atoms with Gasteiger partial charge >= 0.3 is 0 Å². The van der Waals surface area contributed by atoms with Gasteiger partial charge in [-0.2, -0.15) is 10.2 Å². The fourth-order valence-corrected chi connectivity index (χ4v) is 3.54. The van der Waals surface area contributed by atoms with E-state index in [4.69, 9.17) is 0 Å². The highest BCUT2D eigenvalue weighted by Crippen LogP contribution is 2.22. The van der Waals surface area contributed by atoms with Crippen molar-refractivity contribution >= 4 is 0 Å². The Morgan fingerprint density at radius 3 is 2.48 bits per heavy atom. The molecule has 0 saturated carbocycles. The van der Waals surface area contributed by atoms with Crippen LogP contribution in [0.3, 0.4) is 0 Å². The molecule has 144 valence electrons. The predicted molar refractivity (Wildman–Crippen MR) is 106 cm³/mol. The molecule has 2 aromatic heterocycles. The summed E-state index contributed by atoms with van der Waals surface area (Å²) in [6, 6.07) is 6.96. The highest BCUT2D eigenvalue weighted by Gasteiger charge is 2.17. The predicted octanol–water partition coefficient (Wildman–Crippen LogP) is 4.56. The Morgan fingerprint density at radius 2 is 1.85 bits per heavy atom. The van der Waals surface area contributed by atoms with Gasteiger partial charge in [-0.3, -0.25) is 4.68 Å². The summed E-state index contributed by atoms with van der Waals surface area (Å²) in [5.41, 5.74) is 6.35. The second kappa shape index (κ2) is 7.64. The molecule has 1 atom stereocenters. The molecular weight excluding hydrogens is 341 g/mol. The quantitative estimate of drug-likeness (QED) is 0.693. The van der Waals surface area contributed by atoms with E-state index < -0.39 is 0 Å². The number of aromatic nitrogens is 4. The summed E-state index contributed by atoms with van der Waals surface area (Å²) in [4.78, 5) is 0. The van der Waals surface area contributed by atoms with E-state index in [1.54, 1.807) is 10.7 Å². The molecule has 1 aromatic carbocycles. The van der Waals surface area contributed by atoms with Crippen molar-refractivity contribution in [2.45, 2.75) is 60.2 Å². The molecule has 1 unspecified atom stereocenters. The Morgan fingerprint density at radius 1 is 1.11 bits per heavy atom. The molecule has 0 fully saturated rings. The number of hydrogen-bond donors (Lipinski definition) is 1. The van der Waals surface area contributed by atoms with Gasteiger partial charge < -0.3 is 5.32 Å². The fourth-order valence-electron chi connectivity index (χ4n) is 3.54. The Balaban J connectivity index is 1.77. The normalized spacial score (nSPS) is 12.7. The number of halogens is 1. The molecule has 3 aromatic rings. The minimum Gasteiger partial charge on any atom is -0.306 e. The number of rotatable bonds is 6. The zero-order valence-corrected chi connectivity index (χ0v) is 16.9. The second-order valence-electron chi connectivity index (χ2n) is 7.37. The van der Waals surface area contributed by atoms with Gasteiger partial charge in [0.05, 0.1) is 17.6 Å². The molecule has 2 heterocycles. The standard InChI is InChI=1S/C21H28FN5/c1-13(2)26-16(5)20(15(4)25-26)11-23-14(3)21-12-24-27(17(21)6)19-9-7-8-18(22)10-19/h7-10,12-14,23H,11H2,1-6H3. The van der Waals surface area contributed by atoms with Gasteiger partial charge in [0.1, 0.15) is 5.82 Å². The van der Waals surface area contributed by atoms with Gasteiger partial charge in [-0.1, -0.05) is 6.07 Å². The van der Waals surface area contributed by atoms with Crippen molar-refractivity contribution in [3.8, 4) is 5.69 Å².